The van der Waals surface area contributed by atoms with E-state index in [-0.39, 0.29) is 0 Å². The molecule has 4 nitrogen and oxygen atoms in total. The van der Waals surface area contributed by atoms with E-state index in [2.05, 4.69) is 10.1 Å². The van der Waals surface area contributed by atoms with Gasteiger partial charge >= 0.3 is 0 Å². The predicted molar refractivity (Wildman–Crippen MR) is 73.1 cm³/mol. The molecule has 0 bridgehead atoms. The Balaban J connectivity index is 1.87. The molecule has 0 aliphatic rings. The molecule has 2 aromatic heterocycles. The standard InChI is InChI=1S/C14H12ClN3O/c15-11-3-1-10(2-4-11)7-14(19)12-8-17-18-6-5-16-9-13(12)18/h1-6,8-9,14,19H,7H2. The highest BCUT2D eigenvalue weighted by atomic mass is 35.5. The van der Waals surface area contributed by atoms with Crippen LogP contribution in [0.3, 0.4) is 0 Å². The smallest absolute Gasteiger partial charge is 0.0903 e. The minimum atomic E-state index is -0.608. The van der Waals surface area contributed by atoms with Crippen molar-refractivity contribution >= 4 is 17.1 Å². The zero-order chi connectivity index (χ0) is 13.2. The van der Waals surface area contributed by atoms with Gasteiger partial charge in [-0.2, -0.15) is 5.10 Å². The second-order valence-corrected chi connectivity index (χ2v) is 4.79. The molecule has 1 atom stereocenters. The molecule has 3 aromatic rings. The van der Waals surface area contributed by atoms with Crippen molar-refractivity contribution in [1.82, 2.24) is 14.6 Å². The molecule has 0 aliphatic carbocycles. The number of aliphatic hydroxyl groups excluding tert-OH is 1. The predicted octanol–water partition coefficient (Wildman–Crippen LogP) is 2.66. The minimum Gasteiger partial charge on any atom is -0.388 e. The van der Waals surface area contributed by atoms with Gasteiger partial charge in [0.15, 0.2) is 0 Å². The van der Waals surface area contributed by atoms with Crippen LogP contribution in [0.2, 0.25) is 5.02 Å². The average Bonchev–Trinajstić information content (AvgIpc) is 2.85. The van der Waals surface area contributed by atoms with E-state index in [1.54, 1.807) is 29.3 Å². The van der Waals surface area contributed by atoms with Crippen LogP contribution in [0.5, 0.6) is 0 Å². The Morgan fingerprint density at radius 3 is 2.79 bits per heavy atom. The summed E-state index contributed by atoms with van der Waals surface area (Å²) in [6, 6.07) is 7.47. The van der Waals surface area contributed by atoms with Crippen molar-refractivity contribution in [2.75, 3.05) is 0 Å². The van der Waals surface area contributed by atoms with Crippen LogP contribution in [-0.2, 0) is 6.42 Å². The van der Waals surface area contributed by atoms with Crippen LogP contribution >= 0.6 is 11.6 Å². The van der Waals surface area contributed by atoms with Gasteiger partial charge in [0.2, 0.25) is 0 Å². The normalized spacial score (nSPS) is 12.7. The van der Waals surface area contributed by atoms with Crippen molar-refractivity contribution in [2.24, 2.45) is 0 Å². The van der Waals surface area contributed by atoms with Crippen LogP contribution in [0.1, 0.15) is 17.2 Å². The molecule has 1 N–H and O–H groups in total. The lowest BCUT2D eigenvalue weighted by molar-refractivity contribution is 0.180. The maximum Gasteiger partial charge on any atom is 0.0903 e. The summed E-state index contributed by atoms with van der Waals surface area (Å²) in [6.07, 6.45) is 6.71. The fourth-order valence-electron chi connectivity index (χ4n) is 2.06. The van der Waals surface area contributed by atoms with Crippen LogP contribution in [-0.4, -0.2) is 19.7 Å². The number of benzene rings is 1. The molecule has 1 aromatic carbocycles. The number of nitrogens with zero attached hydrogens (tertiary/aromatic N) is 3. The van der Waals surface area contributed by atoms with E-state index >= 15 is 0 Å². The number of hydrogen-bond acceptors (Lipinski definition) is 3. The van der Waals surface area contributed by atoms with Crippen molar-refractivity contribution in [2.45, 2.75) is 12.5 Å². The van der Waals surface area contributed by atoms with Crippen LogP contribution in [0.25, 0.3) is 5.52 Å². The van der Waals surface area contributed by atoms with E-state index in [9.17, 15) is 5.11 Å². The Hall–Kier alpha value is -1.91. The first-order chi connectivity index (χ1) is 9.24. The maximum atomic E-state index is 10.3. The first kappa shape index (κ1) is 12.1. The Kier molecular flexibility index (Phi) is 3.19. The third-order valence-corrected chi connectivity index (χ3v) is 3.31. The maximum absolute atomic E-state index is 10.3. The second kappa shape index (κ2) is 4.99. The second-order valence-electron chi connectivity index (χ2n) is 4.35. The zero-order valence-electron chi connectivity index (χ0n) is 10.1. The Bertz CT molecular complexity index is 693. The molecule has 0 saturated heterocycles. The van der Waals surface area contributed by atoms with Crippen molar-refractivity contribution < 1.29 is 5.11 Å². The van der Waals surface area contributed by atoms with Gasteiger partial charge in [-0.3, -0.25) is 4.98 Å². The Morgan fingerprint density at radius 2 is 2.00 bits per heavy atom. The molecular formula is C14H12ClN3O. The van der Waals surface area contributed by atoms with E-state index in [0.717, 1.165) is 16.6 Å². The van der Waals surface area contributed by atoms with Gasteiger partial charge in [0, 0.05) is 29.4 Å². The summed E-state index contributed by atoms with van der Waals surface area (Å²) < 4.78 is 1.70. The highest BCUT2D eigenvalue weighted by Crippen LogP contribution is 2.22. The number of halogens is 1. The Morgan fingerprint density at radius 1 is 1.21 bits per heavy atom. The minimum absolute atomic E-state index is 0.521. The van der Waals surface area contributed by atoms with Crippen LogP contribution < -0.4 is 0 Å². The fraction of sp³-hybridized carbons (Fsp3) is 0.143. The third-order valence-electron chi connectivity index (χ3n) is 3.06. The van der Waals surface area contributed by atoms with Gasteiger partial charge in [-0.1, -0.05) is 23.7 Å². The number of aliphatic hydroxyl groups is 1. The zero-order valence-corrected chi connectivity index (χ0v) is 10.8. The molecule has 0 fully saturated rings. The summed E-state index contributed by atoms with van der Waals surface area (Å²) in [5.41, 5.74) is 2.63. The molecule has 0 radical (unpaired) electrons. The Labute approximate surface area is 115 Å². The van der Waals surface area contributed by atoms with Gasteiger partial charge in [0.25, 0.3) is 0 Å². The van der Waals surface area contributed by atoms with E-state index < -0.39 is 6.10 Å². The van der Waals surface area contributed by atoms with Gasteiger partial charge in [0.05, 0.1) is 24.0 Å². The van der Waals surface area contributed by atoms with Gasteiger partial charge in [0.1, 0.15) is 0 Å². The lowest BCUT2D eigenvalue weighted by atomic mass is 10.0. The van der Waals surface area contributed by atoms with Gasteiger partial charge in [-0.25, -0.2) is 4.52 Å². The molecule has 2 heterocycles. The summed E-state index contributed by atoms with van der Waals surface area (Å²) in [7, 11) is 0. The SMILES string of the molecule is OC(Cc1ccc(Cl)cc1)c1cnn2ccncc12. The van der Waals surface area contributed by atoms with E-state index in [1.807, 2.05) is 24.3 Å². The lowest BCUT2D eigenvalue weighted by Crippen LogP contribution is -2.01. The van der Waals surface area contributed by atoms with Crippen molar-refractivity contribution in [3.8, 4) is 0 Å². The molecule has 3 rings (SSSR count). The van der Waals surface area contributed by atoms with Crippen molar-refractivity contribution in [1.29, 1.82) is 0 Å². The summed E-state index contributed by atoms with van der Waals surface area (Å²) in [5, 5.41) is 15.2. The first-order valence-electron chi connectivity index (χ1n) is 5.94. The molecule has 0 aliphatic heterocycles. The summed E-state index contributed by atoms with van der Waals surface area (Å²) in [6.45, 7) is 0. The van der Waals surface area contributed by atoms with Crippen molar-refractivity contribution in [3.05, 3.63) is 65.2 Å². The molecule has 0 amide bonds. The first-order valence-corrected chi connectivity index (χ1v) is 6.31. The fourth-order valence-corrected chi connectivity index (χ4v) is 2.19. The molecule has 5 heteroatoms. The van der Waals surface area contributed by atoms with Crippen LogP contribution in [0.15, 0.2) is 49.1 Å². The van der Waals surface area contributed by atoms with Gasteiger partial charge < -0.3 is 5.11 Å². The van der Waals surface area contributed by atoms with E-state index in [4.69, 9.17) is 11.6 Å². The highest BCUT2D eigenvalue weighted by molar-refractivity contribution is 6.30. The van der Waals surface area contributed by atoms with Gasteiger partial charge in [-0.15, -0.1) is 0 Å². The molecule has 1 unspecified atom stereocenters. The van der Waals surface area contributed by atoms with E-state index in [1.165, 1.54) is 0 Å². The average molecular weight is 274 g/mol. The number of rotatable bonds is 3. The van der Waals surface area contributed by atoms with Crippen LogP contribution in [0, 0.1) is 0 Å². The monoisotopic (exact) mass is 273 g/mol. The van der Waals surface area contributed by atoms with Crippen molar-refractivity contribution in [3.63, 3.8) is 0 Å². The molecule has 96 valence electrons. The topological polar surface area (TPSA) is 50.4 Å². The van der Waals surface area contributed by atoms with E-state index in [0.29, 0.717) is 11.4 Å². The number of fused-ring (bicyclic) bond motifs is 1. The molecule has 19 heavy (non-hydrogen) atoms. The quantitative estimate of drug-likeness (QED) is 0.798. The molecular weight excluding hydrogens is 262 g/mol. The highest BCUT2D eigenvalue weighted by Gasteiger charge is 2.14. The number of hydrogen-bond donors (Lipinski definition) is 1. The third kappa shape index (κ3) is 2.45. The summed E-state index contributed by atoms with van der Waals surface area (Å²) >= 11 is 5.84. The molecule has 0 spiro atoms. The summed E-state index contributed by atoms with van der Waals surface area (Å²) in [4.78, 5) is 4.06. The summed E-state index contributed by atoms with van der Waals surface area (Å²) in [5.74, 6) is 0. The number of aromatic nitrogens is 3. The van der Waals surface area contributed by atoms with Gasteiger partial charge in [-0.05, 0) is 17.7 Å². The van der Waals surface area contributed by atoms with Crippen LogP contribution in [0.4, 0.5) is 0 Å². The lowest BCUT2D eigenvalue weighted by Gasteiger charge is -2.09. The largest absolute Gasteiger partial charge is 0.388 e. The molecule has 0 saturated carbocycles.